The van der Waals surface area contributed by atoms with Gasteiger partial charge in [-0.2, -0.15) is 0 Å². The molecule has 0 spiro atoms. The van der Waals surface area contributed by atoms with Crippen LogP contribution in [0.5, 0.6) is 5.75 Å². The van der Waals surface area contributed by atoms with Crippen molar-refractivity contribution in [2.75, 3.05) is 0 Å². The molecule has 2 N–H and O–H groups in total. The molecule has 1 aliphatic carbocycles. The maximum Gasteiger partial charge on any atom is 0.271 e. The van der Waals surface area contributed by atoms with Crippen LogP contribution in [0.1, 0.15) is 67.0 Å². The van der Waals surface area contributed by atoms with Crippen molar-refractivity contribution in [2.24, 2.45) is 5.92 Å². The van der Waals surface area contributed by atoms with E-state index in [1.807, 2.05) is 45.0 Å². The number of benzene rings is 1. The van der Waals surface area contributed by atoms with Gasteiger partial charge in [-0.3, -0.25) is 9.59 Å². The summed E-state index contributed by atoms with van der Waals surface area (Å²) in [6.45, 7) is 6.42. The van der Waals surface area contributed by atoms with E-state index < -0.39 is 0 Å². The van der Waals surface area contributed by atoms with Gasteiger partial charge >= 0.3 is 0 Å². The Labute approximate surface area is 182 Å². The van der Waals surface area contributed by atoms with Crippen molar-refractivity contribution >= 4 is 23.2 Å². The maximum absolute atomic E-state index is 12.7. The molecule has 7 heteroatoms. The van der Waals surface area contributed by atoms with E-state index in [0.717, 1.165) is 36.4 Å². The molecule has 1 fully saturated rings. The van der Waals surface area contributed by atoms with Gasteiger partial charge in [-0.1, -0.05) is 44.4 Å². The minimum atomic E-state index is -0.192. The third-order valence-electron chi connectivity index (χ3n) is 5.19. The van der Waals surface area contributed by atoms with E-state index in [1.54, 1.807) is 5.38 Å². The van der Waals surface area contributed by atoms with Gasteiger partial charge in [0.15, 0.2) is 0 Å². The largest absolute Gasteiger partial charge is 0.486 e. The highest BCUT2D eigenvalue weighted by Crippen LogP contribution is 2.21. The minimum absolute atomic E-state index is 0.0167. The summed E-state index contributed by atoms with van der Waals surface area (Å²) >= 11 is 1.41. The van der Waals surface area contributed by atoms with Crippen molar-refractivity contribution in [3.05, 3.63) is 45.9 Å². The van der Waals surface area contributed by atoms with Crippen LogP contribution in [-0.4, -0.2) is 28.9 Å². The fourth-order valence-electron chi connectivity index (χ4n) is 3.62. The Morgan fingerprint density at radius 3 is 2.47 bits per heavy atom. The number of aryl methyl sites for hydroxylation is 1. The van der Waals surface area contributed by atoms with Gasteiger partial charge in [0.1, 0.15) is 23.1 Å². The molecular weight excluding hydrogens is 398 g/mol. The van der Waals surface area contributed by atoms with Gasteiger partial charge in [0, 0.05) is 23.9 Å². The van der Waals surface area contributed by atoms with Crippen LogP contribution in [0.25, 0.3) is 0 Å². The highest BCUT2D eigenvalue weighted by molar-refractivity contribution is 7.09. The Bertz CT molecular complexity index is 848. The number of rotatable bonds is 8. The zero-order valence-electron chi connectivity index (χ0n) is 17.9. The second-order valence-corrected chi connectivity index (χ2v) is 9.31. The van der Waals surface area contributed by atoms with E-state index >= 15 is 0 Å². The van der Waals surface area contributed by atoms with E-state index in [2.05, 4.69) is 15.6 Å². The highest BCUT2D eigenvalue weighted by atomic mass is 32.1. The van der Waals surface area contributed by atoms with Gasteiger partial charge in [0.2, 0.25) is 5.91 Å². The van der Waals surface area contributed by atoms with Crippen molar-refractivity contribution in [2.45, 2.75) is 71.6 Å². The Morgan fingerprint density at radius 1 is 1.13 bits per heavy atom. The Hall–Kier alpha value is -2.41. The summed E-state index contributed by atoms with van der Waals surface area (Å²) in [5.41, 5.74) is 1.58. The van der Waals surface area contributed by atoms with E-state index in [9.17, 15) is 9.59 Å². The lowest BCUT2D eigenvalue weighted by molar-refractivity contribution is -0.122. The second-order valence-electron chi connectivity index (χ2n) is 8.36. The molecule has 0 aliphatic heterocycles. The summed E-state index contributed by atoms with van der Waals surface area (Å²) in [6, 6.07) is 7.77. The first-order chi connectivity index (χ1) is 14.4. The standard InChI is InChI=1S/C23H31N3O3S/c1-15(2)12-21(27)24-18-6-4-5-7-19(18)26-23(28)20-14-30-22(25-20)13-29-17-10-8-16(3)9-11-17/h8-11,14-15,18-19H,4-7,12-13H2,1-3H3,(H,24,27)(H,26,28)/t18-,19+/m1/s1. The van der Waals surface area contributed by atoms with Crippen LogP contribution >= 0.6 is 11.3 Å². The molecule has 2 atom stereocenters. The lowest BCUT2D eigenvalue weighted by atomic mass is 9.90. The zero-order chi connectivity index (χ0) is 21.5. The topological polar surface area (TPSA) is 80.3 Å². The molecule has 0 unspecified atom stereocenters. The number of carbonyl (C=O) groups is 2. The first-order valence-electron chi connectivity index (χ1n) is 10.6. The molecule has 2 aromatic rings. The average molecular weight is 430 g/mol. The quantitative estimate of drug-likeness (QED) is 0.658. The molecule has 6 nitrogen and oxygen atoms in total. The van der Waals surface area contributed by atoms with Crippen LogP contribution in [-0.2, 0) is 11.4 Å². The maximum atomic E-state index is 12.7. The molecular formula is C23H31N3O3S. The molecule has 2 amide bonds. The molecule has 1 saturated carbocycles. The third-order valence-corrected chi connectivity index (χ3v) is 6.01. The molecule has 1 heterocycles. The number of hydrogen-bond donors (Lipinski definition) is 2. The third kappa shape index (κ3) is 6.55. The van der Waals surface area contributed by atoms with Gasteiger partial charge in [-0.25, -0.2) is 4.98 Å². The summed E-state index contributed by atoms with van der Waals surface area (Å²) in [7, 11) is 0. The van der Waals surface area contributed by atoms with Crippen molar-refractivity contribution < 1.29 is 14.3 Å². The molecule has 0 radical (unpaired) electrons. The lowest BCUT2D eigenvalue weighted by Crippen LogP contribution is -2.53. The number of amides is 2. The SMILES string of the molecule is Cc1ccc(OCc2nc(C(=O)N[C@H]3CCCC[C@H]3NC(=O)CC(C)C)cs2)cc1. The minimum Gasteiger partial charge on any atom is -0.486 e. The van der Waals surface area contributed by atoms with Crippen molar-refractivity contribution in [3.8, 4) is 5.75 Å². The predicted octanol–water partition coefficient (Wildman–Crippen LogP) is 4.23. The van der Waals surface area contributed by atoms with Crippen molar-refractivity contribution in [1.29, 1.82) is 0 Å². The van der Waals surface area contributed by atoms with E-state index in [4.69, 9.17) is 4.74 Å². The summed E-state index contributed by atoms with van der Waals surface area (Å²) in [5.74, 6) is 0.962. The number of nitrogens with zero attached hydrogens (tertiary/aromatic N) is 1. The normalized spacial score (nSPS) is 18.8. The summed E-state index contributed by atoms with van der Waals surface area (Å²) in [5, 5.41) is 8.72. The van der Waals surface area contributed by atoms with Crippen LogP contribution in [0, 0.1) is 12.8 Å². The zero-order valence-corrected chi connectivity index (χ0v) is 18.8. The van der Waals surface area contributed by atoms with Crippen LogP contribution in [0.4, 0.5) is 0 Å². The number of ether oxygens (including phenoxy) is 1. The van der Waals surface area contributed by atoms with E-state index in [1.165, 1.54) is 16.9 Å². The van der Waals surface area contributed by atoms with Gasteiger partial charge in [0.25, 0.3) is 5.91 Å². The number of nitrogens with one attached hydrogen (secondary N) is 2. The summed E-state index contributed by atoms with van der Waals surface area (Å²) < 4.78 is 5.75. The monoisotopic (exact) mass is 429 g/mol. The molecule has 1 aromatic carbocycles. The number of hydrogen-bond acceptors (Lipinski definition) is 5. The molecule has 1 aliphatic rings. The summed E-state index contributed by atoms with van der Waals surface area (Å²) in [6.07, 6.45) is 4.38. The van der Waals surface area contributed by atoms with Crippen LogP contribution < -0.4 is 15.4 Å². The van der Waals surface area contributed by atoms with Gasteiger partial charge < -0.3 is 15.4 Å². The number of thiazole rings is 1. The molecule has 30 heavy (non-hydrogen) atoms. The first-order valence-corrected chi connectivity index (χ1v) is 11.5. The van der Waals surface area contributed by atoms with E-state index in [-0.39, 0.29) is 23.9 Å². The van der Waals surface area contributed by atoms with Gasteiger partial charge in [0.05, 0.1) is 0 Å². The van der Waals surface area contributed by atoms with E-state index in [0.29, 0.717) is 24.6 Å². The van der Waals surface area contributed by atoms with Crippen LogP contribution in [0.2, 0.25) is 0 Å². The Kier molecular flexibility index (Phi) is 7.85. The van der Waals surface area contributed by atoms with Crippen molar-refractivity contribution in [1.82, 2.24) is 15.6 Å². The molecule has 162 valence electrons. The Balaban J connectivity index is 1.54. The van der Waals surface area contributed by atoms with Crippen LogP contribution in [0.3, 0.4) is 0 Å². The van der Waals surface area contributed by atoms with Crippen LogP contribution in [0.15, 0.2) is 29.6 Å². The smallest absolute Gasteiger partial charge is 0.271 e. The number of carbonyl (C=O) groups excluding carboxylic acids is 2. The Morgan fingerprint density at radius 2 is 1.80 bits per heavy atom. The molecule has 1 aromatic heterocycles. The number of aromatic nitrogens is 1. The first kappa shape index (κ1) is 22.3. The molecule has 0 saturated heterocycles. The predicted molar refractivity (Wildman–Crippen MR) is 119 cm³/mol. The highest BCUT2D eigenvalue weighted by Gasteiger charge is 2.28. The van der Waals surface area contributed by atoms with Gasteiger partial charge in [-0.15, -0.1) is 11.3 Å². The molecule has 0 bridgehead atoms. The average Bonchev–Trinajstić information content (AvgIpc) is 3.18. The van der Waals surface area contributed by atoms with Gasteiger partial charge in [-0.05, 0) is 37.8 Å². The fraction of sp³-hybridized carbons (Fsp3) is 0.522. The second kappa shape index (κ2) is 10.6. The summed E-state index contributed by atoms with van der Waals surface area (Å²) in [4.78, 5) is 29.3. The van der Waals surface area contributed by atoms with Crippen molar-refractivity contribution in [3.63, 3.8) is 0 Å². The lowest BCUT2D eigenvalue weighted by Gasteiger charge is -2.32. The molecule has 3 rings (SSSR count). The fourth-order valence-corrected chi connectivity index (χ4v) is 4.30.